The number of nitrogens with one attached hydrogen (secondary N) is 1. The molecule has 0 aliphatic heterocycles. The van der Waals surface area contributed by atoms with Gasteiger partial charge in [-0.15, -0.1) is 0 Å². The molecule has 0 atom stereocenters. The minimum absolute atomic E-state index is 0.473. The molecule has 3 nitrogen and oxygen atoms in total. The minimum Gasteiger partial charge on any atom is -0.486 e. The van der Waals surface area contributed by atoms with E-state index in [0.29, 0.717) is 6.61 Å². The molecule has 3 heteroatoms. The monoisotopic (exact) mass is 287 g/mol. The molecule has 1 aromatic carbocycles. The zero-order valence-corrected chi connectivity index (χ0v) is 13.0. The number of benzene rings is 1. The van der Waals surface area contributed by atoms with Gasteiger partial charge in [0.25, 0.3) is 0 Å². The summed E-state index contributed by atoms with van der Waals surface area (Å²) in [5.41, 5.74) is 1.35. The quantitative estimate of drug-likeness (QED) is 0.698. The Bertz CT molecular complexity index is 516. The van der Waals surface area contributed by atoms with Gasteiger partial charge in [0.2, 0.25) is 0 Å². The van der Waals surface area contributed by atoms with Crippen molar-refractivity contribution in [2.24, 2.45) is 0 Å². The van der Waals surface area contributed by atoms with Crippen molar-refractivity contribution < 1.29 is 9.15 Å². The Morgan fingerprint density at radius 2 is 1.71 bits per heavy atom. The second-order valence-electron chi connectivity index (χ2n) is 5.23. The Morgan fingerprint density at radius 3 is 2.43 bits per heavy atom. The third kappa shape index (κ3) is 5.27. The van der Waals surface area contributed by atoms with Crippen molar-refractivity contribution in [1.82, 2.24) is 5.32 Å². The van der Waals surface area contributed by atoms with Crippen molar-refractivity contribution in [2.45, 2.75) is 46.3 Å². The van der Waals surface area contributed by atoms with Crippen LogP contribution < -0.4 is 10.1 Å². The fourth-order valence-corrected chi connectivity index (χ4v) is 2.18. The van der Waals surface area contributed by atoms with Crippen molar-refractivity contribution in [1.29, 1.82) is 0 Å². The molecule has 1 heterocycles. The molecule has 0 spiro atoms. The average molecular weight is 287 g/mol. The van der Waals surface area contributed by atoms with E-state index >= 15 is 0 Å². The van der Waals surface area contributed by atoms with Crippen LogP contribution in [0.4, 0.5) is 0 Å². The predicted octanol–water partition coefficient (Wildman–Crippen LogP) is 4.31. The molecule has 0 saturated carbocycles. The number of hydrogen-bond donors (Lipinski definition) is 1. The van der Waals surface area contributed by atoms with Crippen LogP contribution in [-0.2, 0) is 19.6 Å². The number of aryl methyl sites for hydroxylation is 1. The highest BCUT2D eigenvalue weighted by Crippen LogP contribution is 2.16. The lowest BCUT2D eigenvalue weighted by atomic mass is 10.1. The summed E-state index contributed by atoms with van der Waals surface area (Å²) in [5.74, 6) is 2.71. The van der Waals surface area contributed by atoms with Crippen LogP contribution in [0.2, 0.25) is 0 Å². The molecule has 0 bridgehead atoms. The summed E-state index contributed by atoms with van der Waals surface area (Å²) in [4.78, 5) is 0. The molecule has 0 aliphatic carbocycles. The highest BCUT2D eigenvalue weighted by molar-refractivity contribution is 5.27. The maximum absolute atomic E-state index is 5.75. The van der Waals surface area contributed by atoms with Gasteiger partial charge >= 0.3 is 0 Å². The number of furan rings is 1. The number of ether oxygens (including phenoxy) is 1. The average Bonchev–Trinajstić information content (AvgIpc) is 2.95. The highest BCUT2D eigenvalue weighted by Gasteiger charge is 2.03. The maximum Gasteiger partial charge on any atom is 0.146 e. The molecule has 0 unspecified atom stereocenters. The summed E-state index contributed by atoms with van der Waals surface area (Å²) >= 11 is 0. The topological polar surface area (TPSA) is 34.4 Å². The molecule has 2 rings (SSSR count). The van der Waals surface area contributed by atoms with E-state index < -0.39 is 0 Å². The van der Waals surface area contributed by atoms with Crippen LogP contribution >= 0.6 is 0 Å². The normalized spacial score (nSPS) is 10.8. The highest BCUT2D eigenvalue weighted by atomic mass is 16.5. The van der Waals surface area contributed by atoms with Gasteiger partial charge in [-0.3, -0.25) is 0 Å². The van der Waals surface area contributed by atoms with Gasteiger partial charge in [-0.05, 0) is 49.2 Å². The van der Waals surface area contributed by atoms with E-state index in [1.807, 2.05) is 24.3 Å². The first kappa shape index (κ1) is 15.6. The molecule has 0 aliphatic rings. The first-order valence-corrected chi connectivity index (χ1v) is 7.82. The van der Waals surface area contributed by atoms with Gasteiger partial charge in [-0.25, -0.2) is 0 Å². The van der Waals surface area contributed by atoms with Crippen molar-refractivity contribution in [3.05, 3.63) is 53.5 Å². The molecule has 0 radical (unpaired) electrons. The summed E-state index contributed by atoms with van der Waals surface area (Å²) in [6.07, 6.45) is 3.42. The van der Waals surface area contributed by atoms with Crippen molar-refractivity contribution >= 4 is 0 Å². The smallest absolute Gasteiger partial charge is 0.146 e. The van der Waals surface area contributed by atoms with Crippen LogP contribution in [0.1, 0.15) is 43.8 Å². The number of rotatable bonds is 9. The van der Waals surface area contributed by atoms with Crippen LogP contribution in [0.15, 0.2) is 40.8 Å². The SMILES string of the molecule is CCCNCc1ccc(COc2ccc(CCC)cc2)o1. The van der Waals surface area contributed by atoms with Gasteiger partial charge in [0.1, 0.15) is 23.9 Å². The molecule has 2 aromatic rings. The predicted molar refractivity (Wildman–Crippen MR) is 85.5 cm³/mol. The van der Waals surface area contributed by atoms with Gasteiger partial charge in [-0.2, -0.15) is 0 Å². The first-order chi connectivity index (χ1) is 10.3. The van der Waals surface area contributed by atoms with Crippen molar-refractivity contribution in [2.75, 3.05) is 6.54 Å². The second kappa shape index (κ2) is 8.53. The largest absolute Gasteiger partial charge is 0.486 e. The second-order valence-corrected chi connectivity index (χ2v) is 5.23. The molecular formula is C18H25NO2. The summed E-state index contributed by atoms with van der Waals surface area (Å²) in [7, 11) is 0. The Hall–Kier alpha value is -1.74. The van der Waals surface area contributed by atoms with Gasteiger partial charge < -0.3 is 14.5 Å². The van der Waals surface area contributed by atoms with Crippen LogP contribution in [0.5, 0.6) is 5.75 Å². The van der Waals surface area contributed by atoms with E-state index in [1.54, 1.807) is 0 Å². The van der Waals surface area contributed by atoms with Crippen molar-refractivity contribution in [3.8, 4) is 5.75 Å². The van der Waals surface area contributed by atoms with E-state index in [-0.39, 0.29) is 0 Å². The lowest BCUT2D eigenvalue weighted by Gasteiger charge is -2.05. The first-order valence-electron chi connectivity index (χ1n) is 7.82. The van der Waals surface area contributed by atoms with E-state index in [9.17, 15) is 0 Å². The zero-order chi connectivity index (χ0) is 14.9. The zero-order valence-electron chi connectivity index (χ0n) is 13.0. The molecule has 1 N–H and O–H groups in total. The van der Waals surface area contributed by atoms with Gasteiger partial charge in [0.15, 0.2) is 0 Å². The van der Waals surface area contributed by atoms with Crippen LogP contribution in [-0.4, -0.2) is 6.54 Å². The fourth-order valence-electron chi connectivity index (χ4n) is 2.18. The van der Waals surface area contributed by atoms with E-state index in [1.165, 1.54) is 12.0 Å². The van der Waals surface area contributed by atoms with Crippen LogP contribution in [0, 0.1) is 0 Å². The molecule has 1 aromatic heterocycles. The van der Waals surface area contributed by atoms with E-state index in [4.69, 9.17) is 9.15 Å². The summed E-state index contributed by atoms with van der Waals surface area (Å²) in [6, 6.07) is 12.3. The molecule has 0 amide bonds. The third-order valence-electron chi connectivity index (χ3n) is 3.29. The van der Waals surface area contributed by atoms with Crippen molar-refractivity contribution in [3.63, 3.8) is 0 Å². The van der Waals surface area contributed by atoms with E-state index in [0.717, 1.165) is 43.2 Å². The third-order valence-corrected chi connectivity index (χ3v) is 3.29. The van der Waals surface area contributed by atoms with Crippen LogP contribution in [0.25, 0.3) is 0 Å². The lowest BCUT2D eigenvalue weighted by Crippen LogP contribution is -2.13. The Balaban J connectivity index is 1.79. The molecule has 114 valence electrons. The van der Waals surface area contributed by atoms with Gasteiger partial charge in [-0.1, -0.05) is 32.4 Å². The molecule has 0 fully saturated rings. The maximum atomic E-state index is 5.75. The molecule has 21 heavy (non-hydrogen) atoms. The Kier molecular flexibility index (Phi) is 6.35. The fraction of sp³-hybridized carbons (Fsp3) is 0.444. The number of hydrogen-bond acceptors (Lipinski definition) is 3. The Morgan fingerprint density at radius 1 is 0.952 bits per heavy atom. The molecule has 0 saturated heterocycles. The standard InChI is InChI=1S/C18H25NO2/c1-3-5-15-6-8-16(9-7-15)20-14-18-11-10-17(21-18)13-19-12-4-2/h6-11,19H,3-5,12-14H2,1-2H3. The van der Waals surface area contributed by atoms with Crippen LogP contribution in [0.3, 0.4) is 0 Å². The summed E-state index contributed by atoms with van der Waals surface area (Å²) < 4.78 is 11.5. The van der Waals surface area contributed by atoms with E-state index in [2.05, 4.69) is 31.3 Å². The minimum atomic E-state index is 0.473. The molecular weight excluding hydrogens is 262 g/mol. The van der Waals surface area contributed by atoms with Gasteiger partial charge in [0, 0.05) is 0 Å². The summed E-state index contributed by atoms with van der Waals surface area (Å²) in [6.45, 7) is 6.60. The Labute approximate surface area is 127 Å². The summed E-state index contributed by atoms with van der Waals surface area (Å²) in [5, 5.41) is 3.32. The lowest BCUT2D eigenvalue weighted by molar-refractivity contribution is 0.265. The van der Waals surface area contributed by atoms with Gasteiger partial charge in [0.05, 0.1) is 6.54 Å².